The third kappa shape index (κ3) is 3.64. The molecule has 84 valence electrons. The van der Waals surface area contributed by atoms with Crippen LogP contribution in [0.25, 0.3) is 0 Å². The van der Waals surface area contributed by atoms with Gasteiger partial charge in [-0.1, -0.05) is 6.92 Å². The van der Waals surface area contributed by atoms with E-state index in [1.165, 1.54) is 7.11 Å². The first-order valence-electron chi connectivity index (χ1n) is 4.67. The summed E-state index contributed by atoms with van der Waals surface area (Å²) in [4.78, 5) is 10.9. The van der Waals surface area contributed by atoms with Crippen LogP contribution in [0.15, 0.2) is 0 Å². The Labute approximate surface area is 85.5 Å². The van der Waals surface area contributed by atoms with Gasteiger partial charge in [0.05, 0.1) is 7.11 Å². The molecule has 0 radical (unpaired) electrons. The van der Waals surface area contributed by atoms with Crippen LogP contribution in [0.3, 0.4) is 0 Å². The highest BCUT2D eigenvalue weighted by molar-refractivity contribution is 5.69. The van der Waals surface area contributed by atoms with Gasteiger partial charge in [0.15, 0.2) is 5.79 Å². The molecule has 0 amide bonds. The predicted molar refractivity (Wildman–Crippen MR) is 52.8 cm³/mol. The van der Waals surface area contributed by atoms with Gasteiger partial charge in [-0.25, -0.2) is 0 Å². The maximum absolute atomic E-state index is 10.9. The molecule has 0 fully saturated rings. The summed E-state index contributed by atoms with van der Waals surface area (Å²) in [7, 11) is 4.58. The van der Waals surface area contributed by atoms with Crippen molar-refractivity contribution in [2.75, 3.05) is 21.3 Å². The van der Waals surface area contributed by atoms with Crippen LogP contribution in [-0.4, -0.2) is 33.1 Å². The second-order valence-corrected chi connectivity index (χ2v) is 3.44. The first kappa shape index (κ1) is 13.4. The quantitative estimate of drug-likeness (QED) is 0.487. The summed E-state index contributed by atoms with van der Waals surface area (Å²) in [6, 6.07) is 0. The van der Waals surface area contributed by atoms with Crippen molar-refractivity contribution in [3.63, 3.8) is 0 Å². The van der Waals surface area contributed by atoms with Gasteiger partial charge in [0.1, 0.15) is 0 Å². The molecular weight excluding hydrogens is 184 g/mol. The van der Waals surface area contributed by atoms with Crippen molar-refractivity contribution in [1.82, 2.24) is 0 Å². The van der Waals surface area contributed by atoms with Crippen LogP contribution < -0.4 is 0 Å². The molecular formula is C10H20O4. The van der Waals surface area contributed by atoms with Crippen LogP contribution in [0.4, 0.5) is 0 Å². The highest BCUT2D eigenvalue weighted by Crippen LogP contribution is 2.25. The fraction of sp³-hybridized carbons (Fsp3) is 0.900. The smallest absolute Gasteiger partial charge is 0.305 e. The van der Waals surface area contributed by atoms with E-state index >= 15 is 0 Å². The molecule has 0 rings (SSSR count). The van der Waals surface area contributed by atoms with E-state index in [-0.39, 0.29) is 11.9 Å². The molecule has 0 N–H and O–H groups in total. The fourth-order valence-electron chi connectivity index (χ4n) is 1.18. The zero-order valence-electron chi connectivity index (χ0n) is 9.62. The van der Waals surface area contributed by atoms with Crippen LogP contribution >= 0.6 is 0 Å². The summed E-state index contributed by atoms with van der Waals surface area (Å²) >= 11 is 0. The molecule has 0 aromatic carbocycles. The molecule has 1 atom stereocenters. The Balaban J connectivity index is 4.05. The molecule has 0 heterocycles. The third-order valence-corrected chi connectivity index (χ3v) is 2.71. The minimum atomic E-state index is -0.631. The summed E-state index contributed by atoms with van der Waals surface area (Å²) in [6.07, 6.45) is 1.07. The largest absolute Gasteiger partial charge is 0.469 e. The van der Waals surface area contributed by atoms with E-state index in [0.29, 0.717) is 12.8 Å². The van der Waals surface area contributed by atoms with Crippen molar-refractivity contribution in [1.29, 1.82) is 0 Å². The normalized spacial score (nSPS) is 13.8. The monoisotopic (exact) mass is 204 g/mol. The number of rotatable bonds is 6. The van der Waals surface area contributed by atoms with Crippen LogP contribution in [-0.2, 0) is 19.0 Å². The SMILES string of the molecule is COC(=O)CCC(C)C(C)(OC)OC. The van der Waals surface area contributed by atoms with Crippen molar-refractivity contribution in [3.05, 3.63) is 0 Å². The second-order valence-electron chi connectivity index (χ2n) is 3.44. The second kappa shape index (κ2) is 5.98. The number of hydrogen-bond donors (Lipinski definition) is 0. The zero-order valence-corrected chi connectivity index (χ0v) is 9.62. The zero-order chi connectivity index (χ0) is 11.2. The lowest BCUT2D eigenvalue weighted by Crippen LogP contribution is -2.37. The lowest BCUT2D eigenvalue weighted by Gasteiger charge is -2.32. The molecule has 1 unspecified atom stereocenters. The topological polar surface area (TPSA) is 44.8 Å². The van der Waals surface area contributed by atoms with E-state index in [0.717, 1.165) is 0 Å². The Morgan fingerprint density at radius 2 is 1.79 bits per heavy atom. The molecule has 0 saturated carbocycles. The molecule has 4 nitrogen and oxygen atoms in total. The van der Waals surface area contributed by atoms with Crippen molar-refractivity contribution >= 4 is 5.97 Å². The first-order chi connectivity index (χ1) is 6.50. The standard InChI is InChI=1S/C10H20O4/c1-8(6-7-9(11)12-3)10(2,13-4)14-5/h8H,6-7H2,1-5H3. The van der Waals surface area contributed by atoms with Crippen LogP contribution in [0, 0.1) is 5.92 Å². The van der Waals surface area contributed by atoms with Crippen molar-refractivity contribution in [2.24, 2.45) is 5.92 Å². The molecule has 0 aromatic heterocycles. The molecule has 0 aliphatic heterocycles. The van der Waals surface area contributed by atoms with Crippen molar-refractivity contribution in [2.45, 2.75) is 32.5 Å². The lowest BCUT2D eigenvalue weighted by atomic mass is 9.96. The summed E-state index contributed by atoms with van der Waals surface area (Å²) in [5.41, 5.74) is 0. The van der Waals surface area contributed by atoms with Gasteiger partial charge < -0.3 is 14.2 Å². The van der Waals surface area contributed by atoms with Gasteiger partial charge in [0.25, 0.3) is 0 Å². The average Bonchev–Trinajstić information content (AvgIpc) is 2.23. The Morgan fingerprint density at radius 1 is 1.29 bits per heavy atom. The number of methoxy groups -OCH3 is 3. The summed E-state index contributed by atoms with van der Waals surface area (Å²) in [5, 5.41) is 0. The average molecular weight is 204 g/mol. The van der Waals surface area contributed by atoms with Crippen molar-refractivity contribution in [3.8, 4) is 0 Å². The highest BCUT2D eigenvalue weighted by atomic mass is 16.7. The van der Waals surface area contributed by atoms with E-state index < -0.39 is 5.79 Å². The Morgan fingerprint density at radius 3 is 2.14 bits per heavy atom. The highest BCUT2D eigenvalue weighted by Gasteiger charge is 2.30. The fourth-order valence-corrected chi connectivity index (χ4v) is 1.18. The van der Waals surface area contributed by atoms with Gasteiger partial charge in [-0.15, -0.1) is 0 Å². The molecule has 0 aromatic rings. The van der Waals surface area contributed by atoms with E-state index in [2.05, 4.69) is 4.74 Å². The predicted octanol–water partition coefficient (Wildman–Crippen LogP) is 1.58. The van der Waals surface area contributed by atoms with Gasteiger partial charge in [0, 0.05) is 26.6 Å². The number of esters is 1. The minimum Gasteiger partial charge on any atom is -0.469 e. The summed E-state index contributed by atoms with van der Waals surface area (Å²) < 4.78 is 15.0. The van der Waals surface area contributed by atoms with E-state index in [9.17, 15) is 4.79 Å². The molecule has 14 heavy (non-hydrogen) atoms. The van der Waals surface area contributed by atoms with Gasteiger partial charge in [0.2, 0.25) is 0 Å². The van der Waals surface area contributed by atoms with Gasteiger partial charge >= 0.3 is 5.97 Å². The van der Waals surface area contributed by atoms with E-state index in [1.807, 2.05) is 13.8 Å². The number of carbonyl (C=O) groups is 1. The summed E-state index contributed by atoms with van der Waals surface area (Å²) in [6.45, 7) is 3.84. The van der Waals surface area contributed by atoms with Gasteiger partial charge in [-0.05, 0) is 13.3 Å². The first-order valence-corrected chi connectivity index (χ1v) is 4.67. The third-order valence-electron chi connectivity index (χ3n) is 2.71. The van der Waals surface area contributed by atoms with Crippen LogP contribution in [0.2, 0.25) is 0 Å². The molecule has 0 aliphatic carbocycles. The number of hydrogen-bond acceptors (Lipinski definition) is 4. The molecule has 0 saturated heterocycles. The molecule has 0 bridgehead atoms. The van der Waals surface area contributed by atoms with Gasteiger partial charge in [-0.2, -0.15) is 0 Å². The maximum atomic E-state index is 10.9. The number of ether oxygens (including phenoxy) is 3. The maximum Gasteiger partial charge on any atom is 0.305 e. The molecule has 0 spiro atoms. The Bertz CT molecular complexity index is 175. The lowest BCUT2D eigenvalue weighted by molar-refractivity contribution is -0.225. The minimum absolute atomic E-state index is 0.136. The molecule has 0 aliphatic rings. The van der Waals surface area contributed by atoms with Crippen molar-refractivity contribution < 1.29 is 19.0 Å². The number of carbonyl (C=O) groups excluding carboxylic acids is 1. The van der Waals surface area contributed by atoms with E-state index in [4.69, 9.17) is 9.47 Å². The Hall–Kier alpha value is -0.610. The molecule has 4 heteroatoms. The Kier molecular flexibility index (Phi) is 5.72. The van der Waals surface area contributed by atoms with Crippen LogP contribution in [0.1, 0.15) is 26.7 Å². The van der Waals surface area contributed by atoms with Gasteiger partial charge in [-0.3, -0.25) is 4.79 Å². The van der Waals surface area contributed by atoms with Crippen LogP contribution in [0.5, 0.6) is 0 Å². The van der Waals surface area contributed by atoms with E-state index in [1.54, 1.807) is 14.2 Å². The summed E-state index contributed by atoms with van der Waals surface area (Å²) in [5.74, 6) is -0.698.